The number of hydrogen-bond donors (Lipinski definition) is 4. The highest BCUT2D eigenvalue weighted by Crippen LogP contribution is 2.34. The van der Waals surface area contributed by atoms with Crippen molar-refractivity contribution in [3.63, 3.8) is 0 Å². The van der Waals surface area contributed by atoms with E-state index in [-0.39, 0.29) is 79.1 Å². The van der Waals surface area contributed by atoms with E-state index in [1.807, 2.05) is 114 Å². The molecular weight excluding hydrogens is 943 g/mol. The van der Waals surface area contributed by atoms with Gasteiger partial charge in [-0.15, -0.1) is 11.3 Å². The molecule has 2 aromatic carbocycles. The zero-order valence-corrected chi connectivity index (χ0v) is 44.9. The monoisotopic (exact) mass is 1020 g/mol. The van der Waals surface area contributed by atoms with Crippen LogP contribution in [0.5, 0.6) is 0 Å². The van der Waals surface area contributed by atoms with Gasteiger partial charge in [-0.1, -0.05) is 94.8 Å². The number of carbonyl (C=O) groups is 7. The van der Waals surface area contributed by atoms with Crippen molar-refractivity contribution < 1.29 is 43.0 Å². The molecular formula is C53H75N7O9S2. The molecule has 2 fully saturated rings. The minimum atomic E-state index is -1.08. The molecule has 7 atom stereocenters. The maximum atomic E-state index is 14.5. The molecule has 388 valence electrons. The smallest absolute Gasteiger partial charge is 0.303 e. The highest BCUT2D eigenvalue weighted by molar-refractivity contribution is 7.81. The first-order valence-electron chi connectivity index (χ1n) is 24.7. The summed E-state index contributed by atoms with van der Waals surface area (Å²) in [5.41, 5.74) is -0.371. The number of aromatic nitrogens is 1. The summed E-state index contributed by atoms with van der Waals surface area (Å²) in [4.78, 5) is 104. The molecule has 0 bridgehead atoms. The topological polar surface area (TPSA) is 197 Å². The Labute approximate surface area is 429 Å². The molecule has 18 heteroatoms. The third kappa shape index (κ3) is 15.2. The third-order valence-electron chi connectivity index (χ3n) is 13.5. The number of piperidine rings is 1. The second-order valence-electron chi connectivity index (χ2n) is 20.9. The van der Waals surface area contributed by atoms with Crippen LogP contribution in [0, 0.1) is 17.3 Å². The van der Waals surface area contributed by atoms with Gasteiger partial charge in [0, 0.05) is 44.8 Å². The summed E-state index contributed by atoms with van der Waals surface area (Å²) in [6.45, 7) is 17.3. The molecule has 2 aliphatic rings. The number of thiol groups is 1. The predicted molar refractivity (Wildman–Crippen MR) is 276 cm³/mol. The molecule has 6 amide bonds. The molecule has 16 nitrogen and oxygen atoms in total. The van der Waals surface area contributed by atoms with Gasteiger partial charge in [-0.25, -0.2) is 4.98 Å². The first kappa shape index (κ1) is 56.7. The molecule has 3 N–H and O–H groups in total. The van der Waals surface area contributed by atoms with Crippen molar-refractivity contribution in [2.24, 2.45) is 17.3 Å². The number of thiazole rings is 1. The van der Waals surface area contributed by atoms with Crippen molar-refractivity contribution in [3.8, 4) is 0 Å². The minimum absolute atomic E-state index is 0.00657. The summed E-state index contributed by atoms with van der Waals surface area (Å²) in [5.74, 6) is -2.75. The van der Waals surface area contributed by atoms with Crippen LogP contribution in [0.1, 0.15) is 146 Å². The van der Waals surface area contributed by atoms with Gasteiger partial charge in [0.15, 0.2) is 6.10 Å². The van der Waals surface area contributed by atoms with E-state index in [4.69, 9.17) is 14.5 Å². The highest BCUT2D eigenvalue weighted by Gasteiger charge is 2.40. The normalized spacial score (nSPS) is 18.9. The second kappa shape index (κ2) is 25.0. The van der Waals surface area contributed by atoms with Crippen molar-refractivity contribution >= 4 is 65.4 Å². The first-order valence-corrected chi connectivity index (χ1v) is 26.1. The van der Waals surface area contributed by atoms with Gasteiger partial charge in [0.1, 0.15) is 16.7 Å². The van der Waals surface area contributed by atoms with Crippen LogP contribution in [0.25, 0.3) is 0 Å². The van der Waals surface area contributed by atoms with Gasteiger partial charge in [-0.3, -0.25) is 43.4 Å². The largest absolute Gasteiger partial charge is 0.455 e. The Balaban J connectivity index is 1.35. The molecule has 0 aliphatic carbocycles. The van der Waals surface area contributed by atoms with Crippen LogP contribution in [0.3, 0.4) is 0 Å². The molecule has 2 saturated heterocycles. The fourth-order valence-electron chi connectivity index (χ4n) is 8.97. The highest BCUT2D eigenvalue weighted by atomic mass is 32.1. The maximum Gasteiger partial charge on any atom is 0.303 e. The summed E-state index contributed by atoms with van der Waals surface area (Å²) in [6.07, 6.45) is 2.38. The predicted octanol–water partition coefficient (Wildman–Crippen LogP) is 6.84. The van der Waals surface area contributed by atoms with E-state index in [1.54, 1.807) is 31.2 Å². The van der Waals surface area contributed by atoms with Crippen molar-refractivity contribution in [2.75, 3.05) is 33.8 Å². The van der Waals surface area contributed by atoms with Crippen LogP contribution in [-0.2, 0) is 38.2 Å². The summed E-state index contributed by atoms with van der Waals surface area (Å²) >= 11 is 5.38. The van der Waals surface area contributed by atoms with Crippen LogP contribution in [0.4, 0.5) is 0 Å². The molecule has 3 aromatic rings. The lowest BCUT2D eigenvalue weighted by atomic mass is 9.89. The number of nitrogens with one attached hydrogen (secondary N) is 3. The van der Waals surface area contributed by atoms with Crippen LogP contribution in [0.2, 0.25) is 0 Å². The van der Waals surface area contributed by atoms with Gasteiger partial charge in [0.05, 0.1) is 41.0 Å². The number of ether oxygens (including phenoxy) is 2. The fourth-order valence-corrected chi connectivity index (χ4v) is 10.1. The van der Waals surface area contributed by atoms with Crippen molar-refractivity contribution in [3.05, 3.63) is 87.9 Å². The molecule has 0 spiro atoms. The Hall–Kier alpha value is -5.17. The quantitative estimate of drug-likeness (QED) is 0.0441. The van der Waals surface area contributed by atoms with Gasteiger partial charge in [0.2, 0.25) is 29.5 Å². The zero-order chi connectivity index (χ0) is 52.4. The van der Waals surface area contributed by atoms with Gasteiger partial charge < -0.3 is 30.3 Å². The van der Waals surface area contributed by atoms with E-state index in [1.165, 1.54) is 11.8 Å². The Morgan fingerprint density at radius 2 is 1.49 bits per heavy atom. The van der Waals surface area contributed by atoms with Crippen molar-refractivity contribution in [2.45, 2.75) is 148 Å². The summed E-state index contributed by atoms with van der Waals surface area (Å²) in [6, 6.07) is 15.5. The number of amides is 6. The van der Waals surface area contributed by atoms with Crippen LogP contribution < -0.4 is 16.0 Å². The van der Waals surface area contributed by atoms with Crippen molar-refractivity contribution in [1.29, 1.82) is 0 Å². The molecule has 0 saturated carbocycles. The van der Waals surface area contributed by atoms with E-state index in [9.17, 15) is 33.6 Å². The standard InChI is InChI=1S/C53H75N7O9S2/c1-32(2)39(59(11)50(66)43(33(3)4)55-47(64)38-24-18-19-26-58(38)10)28-40(69-34(5)61)48-54-37(30-71-48)46(63)56-44(35-20-14-12-15-21-35)45(36-22-16-13-17-23-36)57-51(67)52(6,7)31-68-53(8,9)25-27-60-42(62)29-41(70)49(60)65/h12-17,20-23,30,32-33,38-41,43-45,70H,18-19,24-29,31H2,1-11H3,(H,55,64)(H,56,63)(H,57,67)/t38-,39?,40-,41?,43+,44?,45?/m1/s1. The van der Waals surface area contributed by atoms with Crippen molar-refractivity contribution in [1.82, 2.24) is 35.6 Å². The Kier molecular flexibility index (Phi) is 20.0. The van der Waals surface area contributed by atoms with E-state index in [0.717, 1.165) is 42.7 Å². The number of imide groups is 1. The molecule has 71 heavy (non-hydrogen) atoms. The molecule has 0 radical (unpaired) electrons. The number of nitrogens with zero attached hydrogens (tertiary/aromatic N) is 4. The van der Waals surface area contributed by atoms with Crippen LogP contribution >= 0.6 is 24.0 Å². The van der Waals surface area contributed by atoms with Gasteiger partial charge in [0.25, 0.3) is 5.91 Å². The van der Waals surface area contributed by atoms with Gasteiger partial charge in [-0.05, 0) is 83.5 Å². The fraction of sp³-hybridized carbons (Fsp3) is 0.585. The number of benzene rings is 2. The third-order valence-corrected chi connectivity index (χ3v) is 14.9. The van der Waals surface area contributed by atoms with Crippen LogP contribution in [-0.4, -0.2) is 124 Å². The summed E-state index contributed by atoms with van der Waals surface area (Å²) < 4.78 is 12.2. The number of rotatable bonds is 23. The lowest BCUT2D eigenvalue weighted by Gasteiger charge is -2.37. The number of esters is 1. The van der Waals surface area contributed by atoms with E-state index in [0.29, 0.717) is 17.0 Å². The SMILES string of the molecule is CC(=O)O[C@H](CC(C(C)C)N(C)C(=O)[C@@H](NC(=O)[C@H]1CCCCN1C)C(C)C)c1nc(C(=O)NC(c2ccccc2)C(NC(=O)C(C)(C)COC(C)(C)CCN2C(=O)CC(S)C2=O)c2ccccc2)cs1. The van der Waals surface area contributed by atoms with E-state index >= 15 is 0 Å². The van der Waals surface area contributed by atoms with E-state index < -0.39 is 58.4 Å². The minimum Gasteiger partial charge on any atom is -0.455 e. The first-order chi connectivity index (χ1) is 33.4. The second-order valence-corrected chi connectivity index (χ2v) is 22.4. The van der Waals surface area contributed by atoms with Crippen LogP contribution in [0.15, 0.2) is 66.0 Å². The molecule has 3 heterocycles. The number of hydrogen-bond acceptors (Lipinski definition) is 13. The lowest BCUT2D eigenvalue weighted by Crippen LogP contribution is -2.57. The Morgan fingerprint density at radius 3 is 2.03 bits per heavy atom. The molecule has 1 aromatic heterocycles. The molecule has 5 rings (SSSR count). The zero-order valence-electron chi connectivity index (χ0n) is 43.2. The average Bonchev–Trinajstić information content (AvgIpc) is 3.92. The van der Waals surface area contributed by atoms with E-state index in [2.05, 4.69) is 28.6 Å². The van der Waals surface area contributed by atoms with Gasteiger partial charge >= 0.3 is 5.97 Å². The summed E-state index contributed by atoms with van der Waals surface area (Å²) in [7, 11) is 3.64. The summed E-state index contributed by atoms with van der Waals surface area (Å²) in [5, 5.41) is 10.8. The van der Waals surface area contributed by atoms with Gasteiger partial charge in [-0.2, -0.15) is 12.6 Å². The average molecular weight is 1020 g/mol. The molecule has 4 unspecified atom stereocenters. The Bertz CT molecular complexity index is 2330. The number of likely N-dealkylation sites (N-methyl/N-ethyl adjacent to an activating group) is 2. The maximum absolute atomic E-state index is 14.5. The molecule has 2 aliphatic heterocycles. The number of carbonyl (C=O) groups excluding carboxylic acids is 7. The lowest BCUT2D eigenvalue weighted by molar-refractivity contribution is -0.149. The number of likely N-dealkylation sites (tertiary alicyclic amines) is 2. The Morgan fingerprint density at radius 1 is 0.887 bits per heavy atom.